The number of hydrogen-bond donors (Lipinski definition) is 3. The van der Waals surface area contributed by atoms with E-state index in [1.807, 2.05) is 62.4 Å². The smallest absolute Gasteiger partial charge is 0.243 e. The average Bonchev–Trinajstić information content (AvgIpc) is 2.52. The minimum Gasteiger partial charge on any atom is -0.394 e. The van der Waals surface area contributed by atoms with E-state index < -0.39 is 6.04 Å². The van der Waals surface area contributed by atoms with Gasteiger partial charge in [0, 0.05) is 12.2 Å². The van der Waals surface area contributed by atoms with Crippen LogP contribution in [0.4, 0.5) is 5.69 Å². The molecule has 2 aromatic carbocycles. The van der Waals surface area contributed by atoms with Crippen molar-refractivity contribution in [1.29, 1.82) is 0 Å². The Balaban J connectivity index is 2.00. The molecular weight excluding hydrogens is 276 g/mol. The summed E-state index contributed by atoms with van der Waals surface area (Å²) in [5.41, 5.74) is 3.90. The van der Waals surface area contributed by atoms with Crippen molar-refractivity contribution in [3.63, 3.8) is 0 Å². The molecule has 1 amide bonds. The van der Waals surface area contributed by atoms with E-state index in [2.05, 4.69) is 10.6 Å². The van der Waals surface area contributed by atoms with Crippen molar-refractivity contribution >= 4 is 11.6 Å². The van der Waals surface area contributed by atoms with Gasteiger partial charge in [-0.05, 0) is 30.5 Å². The molecule has 1 atom stereocenters. The predicted octanol–water partition coefficient (Wildman–Crippen LogP) is 2.39. The molecule has 0 heterocycles. The second-order valence-electron chi connectivity index (χ2n) is 5.36. The first-order valence-electron chi connectivity index (χ1n) is 7.37. The lowest BCUT2D eigenvalue weighted by Crippen LogP contribution is -2.43. The fourth-order valence-electron chi connectivity index (χ4n) is 2.30. The van der Waals surface area contributed by atoms with Crippen LogP contribution in [0.1, 0.15) is 16.7 Å². The molecule has 4 heteroatoms. The van der Waals surface area contributed by atoms with Crippen molar-refractivity contribution < 1.29 is 9.90 Å². The van der Waals surface area contributed by atoms with Crippen LogP contribution >= 0.6 is 0 Å². The highest BCUT2D eigenvalue weighted by Gasteiger charge is 2.18. The second-order valence-corrected chi connectivity index (χ2v) is 5.36. The molecule has 0 saturated heterocycles. The minimum atomic E-state index is -0.640. The Morgan fingerprint density at radius 2 is 1.68 bits per heavy atom. The zero-order valence-electron chi connectivity index (χ0n) is 13.0. The van der Waals surface area contributed by atoms with Crippen LogP contribution in [0.25, 0.3) is 0 Å². The van der Waals surface area contributed by atoms with Crippen LogP contribution in [0, 0.1) is 13.8 Å². The summed E-state index contributed by atoms with van der Waals surface area (Å²) < 4.78 is 0. The Labute approximate surface area is 131 Å². The van der Waals surface area contributed by atoms with Crippen molar-refractivity contribution in [3.05, 3.63) is 65.2 Å². The van der Waals surface area contributed by atoms with Crippen molar-refractivity contribution in [1.82, 2.24) is 5.32 Å². The van der Waals surface area contributed by atoms with Gasteiger partial charge >= 0.3 is 0 Å². The van der Waals surface area contributed by atoms with Crippen LogP contribution in [0.2, 0.25) is 0 Å². The summed E-state index contributed by atoms with van der Waals surface area (Å²) in [5.74, 6) is -0.226. The first kappa shape index (κ1) is 16.2. The number of benzene rings is 2. The van der Waals surface area contributed by atoms with Gasteiger partial charge in [0.25, 0.3) is 0 Å². The molecular formula is C18H22N2O2. The molecule has 0 bridgehead atoms. The molecule has 0 aromatic heterocycles. The first-order valence-corrected chi connectivity index (χ1v) is 7.37. The number of rotatable bonds is 6. The highest BCUT2D eigenvalue weighted by Crippen LogP contribution is 2.19. The molecule has 116 valence electrons. The zero-order valence-corrected chi connectivity index (χ0v) is 13.0. The van der Waals surface area contributed by atoms with Crippen LogP contribution in [0.3, 0.4) is 0 Å². The molecule has 2 rings (SSSR count). The van der Waals surface area contributed by atoms with E-state index in [9.17, 15) is 9.90 Å². The largest absolute Gasteiger partial charge is 0.394 e. The summed E-state index contributed by atoms with van der Waals surface area (Å²) in [6.07, 6.45) is 0. The molecule has 0 fully saturated rings. The lowest BCUT2D eigenvalue weighted by Gasteiger charge is -2.18. The van der Waals surface area contributed by atoms with Crippen LogP contribution in [0.5, 0.6) is 0 Å². The lowest BCUT2D eigenvalue weighted by atomic mass is 10.1. The third kappa shape index (κ3) is 4.16. The van der Waals surface area contributed by atoms with E-state index >= 15 is 0 Å². The molecule has 0 radical (unpaired) electrons. The van der Waals surface area contributed by atoms with E-state index in [0.717, 1.165) is 22.4 Å². The SMILES string of the molecule is Cc1cccc(C)c1NC(=O)[C@@H](CO)NCc1ccccc1. The van der Waals surface area contributed by atoms with Gasteiger partial charge in [-0.15, -0.1) is 0 Å². The quantitative estimate of drug-likeness (QED) is 0.767. The van der Waals surface area contributed by atoms with Crippen molar-refractivity contribution in [2.45, 2.75) is 26.4 Å². The Bertz CT molecular complexity index is 606. The van der Waals surface area contributed by atoms with Crippen LogP contribution in [0.15, 0.2) is 48.5 Å². The number of nitrogens with one attached hydrogen (secondary N) is 2. The standard InChI is InChI=1S/C18H22N2O2/c1-13-7-6-8-14(2)17(13)20-18(22)16(12-21)19-11-15-9-4-3-5-10-15/h3-10,16,19,21H,11-12H2,1-2H3,(H,20,22)/t16-/m1/s1. The van der Waals surface area contributed by atoms with E-state index in [0.29, 0.717) is 6.54 Å². The van der Waals surface area contributed by atoms with Crippen LogP contribution in [-0.4, -0.2) is 23.7 Å². The summed E-state index contributed by atoms with van der Waals surface area (Å²) in [5, 5.41) is 15.5. The van der Waals surface area contributed by atoms with Gasteiger partial charge in [0.05, 0.1) is 6.61 Å². The first-order chi connectivity index (χ1) is 10.6. The van der Waals surface area contributed by atoms with Gasteiger partial charge in [0.1, 0.15) is 6.04 Å². The number of para-hydroxylation sites is 1. The number of carbonyl (C=O) groups is 1. The Morgan fingerprint density at radius 3 is 2.27 bits per heavy atom. The topological polar surface area (TPSA) is 61.4 Å². The molecule has 0 unspecified atom stereocenters. The number of aliphatic hydroxyl groups is 1. The highest BCUT2D eigenvalue weighted by molar-refractivity contribution is 5.96. The van der Waals surface area contributed by atoms with Crippen molar-refractivity contribution in [2.24, 2.45) is 0 Å². The Hall–Kier alpha value is -2.17. The van der Waals surface area contributed by atoms with E-state index in [1.54, 1.807) is 0 Å². The maximum atomic E-state index is 12.3. The van der Waals surface area contributed by atoms with Gasteiger partial charge in [-0.2, -0.15) is 0 Å². The molecule has 22 heavy (non-hydrogen) atoms. The zero-order chi connectivity index (χ0) is 15.9. The molecule has 0 spiro atoms. The summed E-state index contributed by atoms with van der Waals surface area (Å²) in [4.78, 5) is 12.3. The molecule has 0 aliphatic carbocycles. The van der Waals surface area contributed by atoms with E-state index in [1.165, 1.54) is 0 Å². The third-order valence-corrected chi connectivity index (χ3v) is 3.62. The lowest BCUT2D eigenvalue weighted by molar-refractivity contribution is -0.119. The maximum Gasteiger partial charge on any atom is 0.243 e. The highest BCUT2D eigenvalue weighted by atomic mass is 16.3. The summed E-state index contributed by atoms with van der Waals surface area (Å²) >= 11 is 0. The van der Waals surface area contributed by atoms with E-state index in [-0.39, 0.29) is 12.5 Å². The van der Waals surface area contributed by atoms with Crippen molar-refractivity contribution in [2.75, 3.05) is 11.9 Å². The van der Waals surface area contributed by atoms with Crippen LogP contribution in [-0.2, 0) is 11.3 Å². The number of amides is 1. The molecule has 0 saturated carbocycles. The van der Waals surface area contributed by atoms with E-state index in [4.69, 9.17) is 0 Å². The number of carbonyl (C=O) groups excluding carboxylic acids is 1. The third-order valence-electron chi connectivity index (χ3n) is 3.62. The number of aliphatic hydroxyl groups excluding tert-OH is 1. The Morgan fingerprint density at radius 1 is 1.05 bits per heavy atom. The molecule has 0 aliphatic rings. The average molecular weight is 298 g/mol. The normalized spacial score (nSPS) is 12.0. The fraction of sp³-hybridized carbons (Fsp3) is 0.278. The number of anilines is 1. The predicted molar refractivity (Wildman–Crippen MR) is 88.7 cm³/mol. The van der Waals surface area contributed by atoms with Gasteiger partial charge < -0.3 is 10.4 Å². The number of hydrogen-bond acceptors (Lipinski definition) is 3. The fourth-order valence-corrected chi connectivity index (χ4v) is 2.30. The molecule has 0 aliphatic heterocycles. The van der Waals surface area contributed by atoms with Gasteiger partial charge in [-0.25, -0.2) is 0 Å². The van der Waals surface area contributed by atoms with Crippen molar-refractivity contribution in [3.8, 4) is 0 Å². The van der Waals surface area contributed by atoms with Gasteiger partial charge in [0.15, 0.2) is 0 Å². The summed E-state index contributed by atoms with van der Waals surface area (Å²) in [6, 6.07) is 15.0. The summed E-state index contributed by atoms with van der Waals surface area (Å²) in [6.45, 7) is 4.19. The van der Waals surface area contributed by atoms with Crippen LogP contribution < -0.4 is 10.6 Å². The second kappa shape index (κ2) is 7.73. The number of aryl methyl sites for hydroxylation is 2. The summed E-state index contributed by atoms with van der Waals surface area (Å²) in [7, 11) is 0. The molecule has 4 nitrogen and oxygen atoms in total. The Kier molecular flexibility index (Phi) is 5.69. The van der Waals surface area contributed by atoms with Gasteiger partial charge in [-0.1, -0.05) is 48.5 Å². The monoisotopic (exact) mass is 298 g/mol. The van der Waals surface area contributed by atoms with Gasteiger partial charge in [0.2, 0.25) is 5.91 Å². The van der Waals surface area contributed by atoms with Gasteiger partial charge in [-0.3, -0.25) is 10.1 Å². The molecule has 2 aromatic rings. The molecule has 3 N–H and O–H groups in total. The maximum absolute atomic E-state index is 12.3. The minimum absolute atomic E-state index is 0.226.